The van der Waals surface area contributed by atoms with E-state index in [2.05, 4.69) is 10.2 Å². The quantitative estimate of drug-likeness (QED) is 0.841. The van der Waals surface area contributed by atoms with Crippen LogP contribution < -0.4 is 5.32 Å². The molecule has 0 atom stereocenters. The maximum absolute atomic E-state index is 12.1. The fraction of sp³-hybridized carbons (Fsp3) is 0.533. The molecular weight excluding hydrogens is 260 g/mol. The Kier molecular flexibility index (Phi) is 5.37. The number of carbonyl (C=O) groups is 1. The van der Waals surface area contributed by atoms with Crippen LogP contribution in [0.15, 0.2) is 18.2 Å². The zero-order chi connectivity index (χ0) is 13.7. The molecule has 0 saturated carbocycles. The third-order valence-corrected chi connectivity index (χ3v) is 3.99. The largest absolute Gasteiger partial charge is 0.314 e. The standard InChI is InChI=1S/C15H21ClN2O/c1-12-11-13(4-5-14(12)16)15(19)3-2-8-18-9-6-17-7-10-18/h4-5,11,17H,2-3,6-10H2,1H3. The van der Waals surface area contributed by atoms with Crippen molar-refractivity contribution in [3.63, 3.8) is 0 Å². The summed E-state index contributed by atoms with van der Waals surface area (Å²) in [6, 6.07) is 5.51. The number of halogens is 1. The van der Waals surface area contributed by atoms with Crippen LogP contribution in [0, 0.1) is 6.92 Å². The number of piperazine rings is 1. The van der Waals surface area contributed by atoms with E-state index in [-0.39, 0.29) is 5.78 Å². The molecule has 1 aliphatic rings. The topological polar surface area (TPSA) is 32.3 Å². The first kappa shape index (κ1) is 14.5. The van der Waals surface area contributed by atoms with E-state index in [1.54, 1.807) is 6.07 Å². The molecule has 1 heterocycles. The molecule has 1 aromatic rings. The Hall–Kier alpha value is -0.900. The van der Waals surface area contributed by atoms with Gasteiger partial charge in [-0.05, 0) is 43.7 Å². The smallest absolute Gasteiger partial charge is 0.162 e. The number of aryl methyl sites for hydroxylation is 1. The van der Waals surface area contributed by atoms with Gasteiger partial charge in [0.25, 0.3) is 0 Å². The lowest BCUT2D eigenvalue weighted by Gasteiger charge is -2.26. The summed E-state index contributed by atoms with van der Waals surface area (Å²) in [5.41, 5.74) is 1.75. The summed E-state index contributed by atoms with van der Waals surface area (Å²) in [6.07, 6.45) is 1.55. The van der Waals surface area contributed by atoms with E-state index in [0.29, 0.717) is 6.42 Å². The summed E-state index contributed by atoms with van der Waals surface area (Å²) < 4.78 is 0. The highest BCUT2D eigenvalue weighted by molar-refractivity contribution is 6.31. The van der Waals surface area contributed by atoms with Gasteiger partial charge in [0, 0.05) is 43.2 Å². The zero-order valence-electron chi connectivity index (χ0n) is 11.4. The molecule has 0 amide bonds. The molecule has 0 aromatic heterocycles. The van der Waals surface area contributed by atoms with Crippen molar-refractivity contribution in [1.82, 2.24) is 10.2 Å². The third-order valence-electron chi connectivity index (χ3n) is 3.57. The Bertz CT molecular complexity index is 442. The van der Waals surface area contributed by atoms with Crippen LogP contribution in [0.4, 0.5) is 0 Å². The van der Waals surface area contributed by atoms with E-state index in [4.69, 9.17) is 11.6 Å². The monoisotopic (exact) mass is 280 g/mol. The van der Waals surface area contributed by atoms with Crippen molar-refractivity contribution in [1.29, 1.82) is 0 Å². The van der Waals surface area contributed by atoms with Crippen LogP contribution in [0.5, 0.6) is 0 Å². The molecule has 1 saturated heterocycles. The van der Waals surface area contributed by atoms with Gasteiger partial charge in [0.2, 0.25) is 0 Å². The number of nitrogens with zero attached hydrogens (tertiary/aromatic N) is 1. The molecule has 0 radical (unpaired) electrons. The lowest BCUT2D eigenvalue weighted by Crippen LogP contribution is -2.43. The highest BCUT2D eigenvalue weighted by atomic mass is 35.5. The summed E-state index contributed by atoms with van der Waals surface area (Å²) in [7, 11) is 0. The van der Waals surface area contributed by atoms with Gasteiger partial charge in [0.15, 0.2) is 5.78 Å². The second-order valence-electron chi connectivity index (χ2n) is 5.08. The van der Waals surface area contributed by atoms with Gasteiger partial charge in [0.1, 0.15) is 0 Å². The molecule has 3 nitrogen and oxygen atoms in total. The highest BCUT2D eigenvalue weighted by Crippen LogP contribution is 2.17. The Morgan fingerprint density at radius 2 is 2.11 bits per heavy atom. The lowest BCUT2D eigenvalue weighted by atomic mass is 10.0. The minimum absolute atomic E-state index is 0.218. The number of Topliss-reactive ketones (excluding diaryl/α,β-unsaturated/α-hetero) is 1. The average Bonchev–Trinajstić information content (AvgIpc) is 2.43. The van der Waals surface area contributed by atoms with Crippen LogP contribution >= 0.6 is 11.6 Å². The summed E-state index contributed by atoms with van der Waals surface area (Å²) in [5, 5.41) is 4.05. The first-order valence-electron chi connectivity index (χ1n) is 6.89. The number of carbonyl (C=O) groups excluding carboxylic acids is 1. The molecule has 1 fully saturated rings. The van der Waals surface area contributed by atoms with Crippen LogP contribution in [-0.2, 0) is 0 Å². The van der Waals surface area contributed by atoms with Crippen molar-refractivity contribution < 1.29 is 4.79 Å². The van der Waals surface area contributed by atoms with E-state index < -0.39 is 0 Å². The first-order valence-corrected chi connectivity index (χ1v) is 7.27. The molecule has 0 aliphatic carbocycles. The molecule has 0 bridgehead atoms. The maximum Gasteiger partial charge on any atom is 0.162 e. The lowest BCUT2D eigenvalue weighted by molar-refractivity contribution is 0.0973. The second kappa shape index (κ2) is 7.04. The summed E-state index contributed by atoms with van der Waals surface area (Å²) in [5.74, 6) is 0.218. The van der Waals surface area contributed by atoms with E-state index in [1.165, 1.54) is 0 Å². The Balaban J connectivity index is 1.78. The van der Waals surface area contributed by atoms with E-state index in [1.807, 2.05) is 19.1 Å². The van der Waals surface area contributed by atoms with Crippen molar-refractivity contribution in [3.05, 3.63) is 34.3 Å². The molecule has 0 spiro atoms. The molecule has 104 valence electrons. The summed E-state index contributed by atoms with van der Waals surface area (Å²) in [4.78, 5) is 14.5. The second-order valence-corrected chi connectivity index (χ2v) is 5.49. The van der Waals surface area contributed by atoms with Gasteiger partial charge in [-0.15, -0.1) is 0 Å². The number of hydrogen-bond donors (Lipinski definition) is 1. The zero-order valence-corrected chi connectivity index (χ0v) is 12.2. The minimum atomic E-state index is 0.218. The first-order chi connectivity index (χ1) is 9.16. The molecule has 1 aliphatic heterocycles. The number of ketones is 1. The van der Waals surface area contributed by atoms with Gasteiger partial charge in [-0.3, -0.25) is 4.79 Å². The summed E-state index contributed by atoms with van der Waals surface area (Å²) in [6.45, 7) is 7.25. The molecule has 1 N–H and O–H groups in total. The predicted octanol–water partition coefficient (Wildman–Crippen LogP) is 2.52. The van der Waals surface area contributed by atoms with Gasteiger partial charge < -0.3 is 10.2 Å². The minimum Gasteiger partial charge on any atom is -0.314 e. The van der Waals surface area contributed by atoms with Crippen LogP contribution in [-0.4, -0.2) is 43.4 Å². The maximum atomic E-state index is 12.1. The fourth-order valence-electron chi connectivity index (χ4n) is 2.36. The average molecular weight is 281 g/mol. The van der Waals surface area contributed by atoms with Crippen molar-refractivity contribution >= 4 is 17.4 Å². The highest BCUT2D eigenvalue weighted by Gasteiger charge is 2.11. The number of nitrogens with one attached hydrogen (secondary N) is 1. The SMILES string of the molecule is Cc1cc(C(=O)CCCN2CCNCC2)ccc1Cl. The van der Waals surface area contributed by atoms with Gasteiger partial charge in [-0.2, -0.15) is 0 Å². The van der Waals surface area contributed by atoms with Crippen LogP contribution in [0.25, 0.3) is 0 Å². The van der Waals surface area contributed by atoms with Crippen molar-refractivity contribution in [2.75, 3.05) is 32.7 Å². The normalized spacial score (nSPS) is 16.5. The fourth-order valence-corrected chi connectivity index (χ4v) is 2.48. The molecule has 19 heavy (non-hydrogen) atoms. The third kappa shape index (κ3) is 4.30. The van der Waals surface area contributed by atoms with E-state index in [0.717, 1.165) is 55.3 Å². The molecule has 4 heteroatoms. The van der Waals surface area contributed by atoms with Crippen molar-refractivity contribution in [3.8, 4) is 0 Å². The molecule has 0 unspecified atom stereocenters. The predicted molar refractivity (Wildman–Crippen MR) is 79.1 cm³/mol. The van der Waals surface area contributed by atoms with Gasteiger partial charge >= 0.3 is 0 Å². The van der Waals surface area contributed by atoms with Gasteiger partial charge in [0.05, 0.1) is 0 Å². The number of hydrogen-bond acceptors (Lipinski definition) is 3. The number of benzene rings is 1. The Morgan fingerprint density at radius 1 is 1.37 bits per heavy atom. The van der Waals surface area contributed by atoms with Crippen molar-refractivity contribution in [2.45, 2.75) is 19.8 Å². The van der Waals surface area contributed by atoms with E-state index >= 15 is 0 Å². The number of rotatable bonds is 5. The van der Waals surface area contributed by atoms with Crippen LogP contribution in [0.3, 0.4) is 0 Å². The van der Waals surface area contributed by atoms with Crippen LogP contribution in [0.1, 0.15) is 28.8 Å². The Morgan fingerprint density at radius 3 is 2.79 bits per heavy atom. The molecule has 2 rings (SSSR count). The van der Waals surface area contributed by atoms with Crippen molar-refractivity contribution in [2.24, 2.45) is 0 Å². The van der Waals surface area contributed by atoms with Crippen LogP contribution in [0.2, 0.25) is 5.02 Å². The van der Waals surface area contributed by atoms with E-state index in [9.17, 15) is 4.79 Å². The summed E-state index contributed by atoms with van der Waals surface area (Å²) >= 11 is 5.97. The van der Waals surface area contributed by atoms with Gasteiger partial charge in [-0.25, -0.2) is 0 Å². The molecular formula is C15H21ClN2O. The van der Waals surface area contributed by atoms with Gasteiger partial charge in [-0.1, -0.05) is 11.6 Å². The molecule has 1 aromatic carbocycles. The Labute approximate surface area is 119 Å².